The molecule has 7 nitrogen and oxygen atoms in total. The van der Waals surface area contributed by atoms with Gasteiger partial charge in [0, 0.05) is 36.7 Å². The van der Waals surface area contributed by atoms with E-state index in [0.29, 0.717) is 42.9 Å². The number of aryl methyl sites for hydroxylation is 1. The molecule has 0 unspecified atom stereocenters. The molecule has 0 fully saturated rings. The van der Waals surface area contributed by atoms with Gasteiger partial charge in [-0.2, -0.15) is 5.26 Å². The Hall–Kier alpha value is -2.76. The zero-order valence-electron chi connectivity index (χ0n) is 14.8. The zero-order chi connectivity index (χ0) is 19.2. The van der Waals surface area contributed by atoms with E-state index in [9.17, 15) is 14.9 Å². The number of nitrogens with one attached hydrogen (secondary N) is 1. The van der Waals surface area contributed by atoms with Crippen molar-refractivity contribution in [1.29, 1.82) is 5.26 Å². The average molecular weight is 384 g/mol. The molecule has 2 N–H and O–H groups in total. The Labute approximate surface area is 161 Å². The summed E-state index contributed by atoms with van der Waals surface area (Å²) < 4.78 is 0. The Morgan fingerprint density at radius 3 is 2.96 bits per heavy atom. The van der Waals surface area contributed by atoms with Crippen LogP contribution in [0.1, 0.15) is 34.4 Å². The Morgan fingerprint density at radius 1 is 1.41 bits per heavy atom. The van der Waals surface area contributed by atoms with Crippen molar-refractivity contribution in [3.63, 3.8) is 0 Å². The van der Waals surface area contributed by atoms with Crippen LogP contribution in [-0.4, -0.2) is 40.0 Å². The summed E-state index contributed by atoms with van der Waals surface area (Å²) in [5.74, 6) is -0.251. The van der Waals surface area contributed by atoms with Crippen molar-refractivity contribution < 1.29 is 14.7 Å². The molecule has 2 amide bonds. The molecule has 1 aliphatic rings. The molecule has 0 aromatic carbocycles. The van der Waals surface area contributed by atoms with Gasteiger partial charge in [0.05, 0.1) is 18.7 Å². The fourth-order valence-electron chi connectivity index (χ4n) is 3.07. The molecule has 0 aliphatic carbocycles. The van der Waals surface area contributed by atoms with Gasteiger partial charge in [-0.1, -0.05) is 6.07 Å². The predicted octanol–water partition coefficient (Wildman–Crippen LogP) is 1.85. The summed E-state index contributed by atoms with van der Waals surface area (Å²) in [4.78, 5) is 30.9. The Kier molecular flexibility index (Phi) is 6.16. The molecule has 0 atom stereocenters. The van der Waals surface area contributed by atoms with Gasteiger partial charge < -0.3 is 15.3 Å². The molecule has 8 heteroatoms. The average Bonchev–Trinajstić information content (AvgIpc) is 3.03. The number of carbonyl (C=O) groups excluding carboxylic acids is 2. The van der Waals surface area contributed by atoms with Crippen LogP contribution < -0.4 is 5.32 Å². The Morgan fingerprint density at radius 2 is 2.26 bits per heavy atom. The number of fused-ring (bicyclic) bond motifs is 1. The zero-order valence-corrected chi connectivity index (χ0v) is 15.6. The Bertz CT molecular complexity index is 873. The van der Waals surface area contributed by atoms with Gasteiger partial charge >= 0.3 is 0 Å². The largest absolute Gasteiger partial charge is 0.396 e. The van der Waals surface area contributed by atoms with E-state index in [1.165, 1.54) is 11.3 Å². The van der Waals surface area contributed by atoms with Gasteiger partial charge in [-0.25, -0.2) is 0 Å². The summed E-state index contributed by atoms with van der Waals surface area (Å²) >= 11 is 1.35. The molecule has 0 saturated carbocycles. The van der Waals surface area contributed by atoms with E-state index >= 15 is 0 Å². The summed E-state index contributed by atoms with van der Waals surface area (Å²) in [5.41, 5.74) is 2.40. The van der Waals surface area contributed by atoms with Crippen molar-refractivity contribution in [2.45, 2.75) is 32.2 Å². The first-order valence-corrected chi connectivity index (χ1v) is 9.56. The van der Waals surface area contributed by atoms with E-state index in [0.717, 1.165) is 16.0 Å². The van der Waals surface area contributed by atoms with Crippen LogP contribution in [0.3, 0.4) is 0 Å². The number of aliphatic hydroxyl groups excluding tert-OH is 1. The second kappa shape index (κ2) is 8.75. The molecule has 2 aromatic heterocycles. The topological polar surface area (TPSA) is 106 Å². The van der Waals surface area contributed by atoms with Gasteiger partial charge in [0.1, 0.15) is 11.1 Å². The molecule has 0 bridgehead atoms. The summed E-state index contributed by atoms with van der Waals surface area (Å²) in [6, 6.07) is 5.95. The minimum Gasteiger partial charge on any atom is -0.396 e. The van der Waals surface area contributed by atoms with Crippen LogP contribution in [0.25, 0.3) is 0 Å². The van der Waals surface area contributed by atoms with E-state index in [1.807, 2.05) is 12.1 Å². The lowest BCUT2D eigenvalue weighted by atomic mass is 10.0. The first-order valence-electron chi connectivity index (χ1n) is 8.74. The SMILES string of the molecule is N#Cc1c(NC(=O)CCc2cccnc2)sc2c1CCN(C(=O)CCO)C2. The van der Waals surface area contributed by atoms with Crippen LogP contribution >= 0.6 is 11.3 Å². The maximum absolute atomic E-state index is 12.3. The third kappa shape index (κ3) is 4.51. The lowest BCUT2D eigenvalue weighted by Gasteiger charge is -2.26. The van der Waals surface area contributed by atoms with Gasteiger partial charge in [-0.3, -0.25) is 14.6 Å². The lowest BCUT2D eigenvalue weighted by molar-refractivity contribution is -0.132. The van der Waals surface area contributed by atoms with Gasteiger partial charge in [-0.15, -0.1) is 11.3 Å². The second-order valence-corrected chi connectivity index (χ2v) is 7.37. The molecular formula is C19H20N4O3S. The molecule has 3 rings (SSSR count). The predicted molar refractivity (Wildman–Crippen MR) is 101 cm³/mol. The number of hydrogen-bond donors (Lipinski definition) is 2. The van der Waals surface area contributed by atoms with Crippen molar-refractivity contribution in [2.75, 3.05) is 18.5 Å². The number of amides is 2. The van der Waals surface area contributed by atoms with Crippen LogP contribution in [0.5, 0.6) is 0 Å². The number of thiophene rings is 1. The quantitative estimate of drug-likeness (QED) is 0.791. The van der Waals surface area contributed by atoms with Gasteiger partial charge in [0.25, 0.3) is 0 Å². The van der Waals surface area contributed by atoms with Gasteiger partial charge in [0.2, 0.25) is 11.8 Å². The van der Waals surface area contributed by atoms with Crippen LogP contribution in [0, 0.1) is 11.3 Å². The van der Waals surface area contributed by atoms with Crippen molar-refractivity contribution in [3.05, 3.63) is 46.1 Å². The molecule has 0 radical (unpaired) electrons. The highest BCUT2D eigenvalue weighted by molar-refractivity contribution is 7.16. The highest BCUT2D eigenvalue weighted by Gasteiger charge is 2.27. The smallest absolute Gasteiger partial charge is 0.225 e. The van der Waals surface area contributed by atoms with Crippen molar-refractivity contribution >= 4 is 28.2 Å². The van der Waals surface area contributed by atoms with Crippen LogP contribution in [0.4, 0.5) is 5.00 Å². The minimum atomic E-state index is -0.172. The normalized spacial score (nSPS) is 13.0. The number of pyridine rings is 1. The first-order chi connectivity index (χ1) is 13.1. The third-order valence-electron chi connectivity index (χ3n) is 4.46. The van der Waals surface area contributed by atoms with Crippen LogP contribution in [0.15, 0.2) is 24.5 Å². The van der Waals surface area contributed by atoms with Crippen molar-refractivity contribution in [1.82, 2.24) is 9.88 Å². The number of carbonyl (C=O) groups is 2. The Balaban J connectivity index is 1.67. The van der Waals surface area contributed by atoms with E-state index in [-0.39, 0.29) is 24.8 Å². The third-order valence-corrected chi connectivity index (χ3v) is 5.60. The molecular weight excluding hydrogens is 364 g/mol. The summed E-state index contributed by atoms with van der Waals surface area (Å²) in [6.07, 6.45) is 4.99. The highest BCUT2D eigenvalue weighted by atomic mass is 32.1. The van der Waals surface area contributed by atoms with E-state index in [2.05, 4.69) is 16.4 Å². The van der Waals surface area contributed by atoms with Gasteiger partial charge in [-0.05, 0) is 30.0 Å². The van der Waals surface area contributed by atoms with E-state index in [4.69, 9.17) is 5.11 Å². The number of rotatable bonds is 6. The van der Waals surface area contributed by atoms with E-state index in [1.54, 1.807) is 17.3 Å². The number of hydrogen-bond acceptors (Lipinski definition) is 6. The molecule has 0 spiro atoms. The molecule has 1 aliphatic heterocycles. The summed E-state index contributed by atoms with van der Waals surface area (Å²) in [6.45, 7) is 0.763. The number of anilines is 1. The fourth-order valence-corrected chi connectivity index (χ4v) is 4.30. The molecule has 27 heavy (non-hydrogen) atoms. The fraction of sp³-hybridized carbons (Fsp3) is 0.368. The summed E-state index contributed by atoms with van der Waals surface area (Å²) in [7, 11) is 0. The monoisotopic (exact) mass is 384 g/mol. The number of aliphatic hydroxyl groups is 1. The van der Waals surface area contributed by atoms with Crippen LogP contribution in [-0.2, 0) is 29.0 Å². The van der Waals surface area contributed by atoms with Crippen molar-refractivity contribution in [2.24, 2.45) is 0 Å². The van der Waals surface area contributed by atoms with E-state index < -0.39 is 0 Å². The number of nitriles is 1. The van der Waals surface area contributed by atoms with Gasteiger partial charge in [0.15, 0.2) is 0 Å². The maximum atomic E-state index is 12.3. The maximum Gasteiger partial charge on any atom is 0.225 e. The van der Waals surface area contributed by atoms with Crippen molar-refractivity contribution in [3.8, 4) is 6.07 Å². The summed E-state index contributed by atoms with van der Waals surface area (Å²) in [5, 5.41) is 21.9. The molecule has 0 saturated heterocycles. The highest BCUT2D eigenvalue weighted by Crippen LogP contribution is 2.36. The number of aromatic nitrogens is 1. The molecule has 2 aromatic rings. The molecule has 140 valence electrons. The lowest BCUT2D eigenvalue weighted by Crippen LogP contribution is -2.35. The first kappa shape index (κ1) is 19.0. The second-order valence-electron chi connectivity index (χ2n) is 6.27. The minimum absolute atomic E-state index is 0.0999. The van der Waals surface area contributed by atoms with Crippen LogP contribution in [0.2, 0.25) is 0 Å². The molecule has 3 heterocycles. The number of nitrogens with zero attached hydrogens (tertiary/aromatic N) is 3. The standard InChI is InChI=1S/C19H20N4O3S/c20-10-15-14-5-8-23(18(26)6-9-24)12-16(14)27-19(15)22-17(25)4-3-13-2-1-7-21-11-13/h1-2,7,11,24H,3-6,8-9,12H2,(H,22,25).